The number of rotatable bonds is 10. The van der Waals surface area contributed by atoms with Crippen molar-refractivity contribution in [2.45, 2.75) is 104 Å². The van der Waals surface area contributed by atoms with Crippen molar-refractivity contribution in [2.75, 3.05) is 7.11 Å². The minimum atomic E-state index is -1.18. The molecule has 0 bridgehead atoms. The van der Waals surface area contributed by atoms with E-state index in [0.717, 1.165) is 11.1 Å². The van der Waals surface area contributed by atoms with Crippen LogP contribution < -0.4 is 10.6 Å². The summed E-state index contributed by atoms with van der Waals surface area (Å²) in [5.41, 5.74) is 1.28. The average molecular weight is 608 g/mol. The molecule has 3 atom stereocenters. The van der Waals surface area contributed by atoms with E-state index in [1.807, 2.05) is 65.0 Å². The molecular weight excluding hydrogens is 558 g/mol. The molecule has 2 aromatic carbocycles. The molecule has 1 aliphatic carbocycles. The van der Waals surface area contributed by atoms with Gasteiger partial charge in [-0.1, -0.05) is 68.4 Å². The highest BCUT2D eigenvalue weighted by Crippen LogP contribution is 2.34. The SMILES string of the molecule is COC(=O)[C@@H](CC(C)C)N(C(=O)[C@H](NC(=O)OC(C)(C)C)C1Cc2ccccc2C1)C(C(=O)NC(C)(C)C)c1ccccc1. The van der Waals surface area contributed by atoms with Crippen molar-refractivity contribution < 1.29 is 28.7 Å². The third-order valence-corrected chi connectivity index (χ3v) is 7.39. The lowest BCUT2D eigenvalue weighted by Crippen LogP contribution is -2.61. The molecule has 0 heterocycles. The number of carbonyl (C=O) groups is 4. The molecule has 0 spiro atoms. The summed E-state index contributed by atoms with van der Waals surface area (Å²) in [5.74, 6) is -2.00. The first kappa shape index (κ1) is 34.6. The standard InChI is InChI=1S/C35H49N3O6/c1-22(2)19-27(32(41)43-9)38(29(23-15-11-10-12-16-23)30(39)37-34(3,4)5)31(40)28(36-33(42)44-35(6,7)8)26-20-24-17-13-14-18-25(24)21-26/h10-18,22,26-29H,19-21H2,1-9H3,(H,36,42)(H,37,39)/t27-,28-,29?/m1/s1. The van der Waals surface area contributed by atoms with Crippen LogP contribution in [0.2, 0.25) is 0 Å². The van der Waals surface area contributed by atoms with E-state index in [1.165, 1.54) is 12.0 Å². The van der Waals surface area contributed by atoms with Crippen LogP contribution in [0.4, 0.5) is 4.79 Å². The molecule has 0 saturated heterocycles. The van der Waals surface area contributed by atoms with Crippen molar-refractivity contribution >= 4 is 23.9 Å². The zero-order chi connectivity index (χ0) is 32.8. The van der Waals surface area contributed by atoms with Crippen LogP contribution in [0.5, 0.6) is 0 Å². The highest BCUT2D eigenvalue weighted by Gasteiger charge is 2.46. The number of carbonyl (C=O) groups excluding carboxylic acids is 4. The lowest BCUT2D eigenvalue weighted by atomic mass is 9.91. The molecule has 9 nitrogen and oxygen atoms in total. The molecule has 1 aliphatic rings. The Morgan fingerprint density at radius 2 is 1.43 bits per heavy atom. The van der Waals surface area contributed by atoms with Gasteiger partial charge in [0.05, 0.1) is 7.11 Å². The number of methoxy groups -OCH3 is 1. The summed E-state index contributed by atoms with van der Waals surface area (Å²) >= 11 is 0. The van der Waals surface area contributed by atoms with Gasteiger partial charge in [-0.3, -0.25) is 9.59 Å². The fourth-order valence-electron chi connectivity index (χ4n) is 5.68. The third kappa shape index (κ3) is 9.31. The summed E-state index contributed by atoms with van der Waals surface area (Å²) in [6.45, 7) is 14.7. The molecule has 3 rings (SSSR count). The maximum absolute atomic E-state index is 15.1. The Kier molecular flexibility index (Phi) is 11.2. The highest BCUT2D eigenvalue weighted by atomic mass is 16.6. The zero-order valence-corrected chi connectivity index (χ0v) is 27.6. The van der Waals surface area contributed by atoms with Crippen LogP contribution in [-0.4, -0.2) is 59.1 Å². The molecule has 0 aromatic heterocycles. The van der Waals surface area contributed by atoms with Gasteiger partial charge in [-0.2, -0.15) is 0 Å². The second-order valence-corrected chi connectivity index (χ2v) is 14.0. The molecule has 3 amide bonds. The normalized spacial score (nSPS) is 15.5. The van der Waals surface area contributed by atoms with Crippen molar-refractivity contribution in [1.29, 1.82) is 0 Å². The summed E-state index contributed by atoms with van der Waals surface area (Å²) < 4.78 is 10.8. The van der Waals surface area contributed by atoms with Crippen LogP contribution in [0.15, 0.2) is 54.6 Å². The van der Waals surface area contributed by atoms with Crippen molar-refractivity contribution in [2.24, 2.45) is 11.8 Å². The Hall–Kier alpha value is -3.88. The number of nitrogens with one attached hydrogen (secondary N) is 2. The van der Waals surface area contributed by atoms with Crippen molar-refractivity contribution in [3.63, 3.8) is 0 Å². The molecule has 240 valence electrons. The topological polar surface area (TPSA) is 114 Å². The highest BCUT2D eigenvalue weighted by molar-refractivity contribution is 5.95. The van der Waals surface area contributed by atoms with E-state index < -0.39 is 53.1 Å². The molecule has 2 aromatic rings. The Labute approximate surface area is 262 Å². The second-order valence-electron chi connectivity index (χ2n) is 14.0. The molecular formula is C35H49N3O6. The molecule has 1 unspecified atom stereocenters. The number of hydrogen-bond acceptors (Lipinski definition) is 6. The number of ether oxygens (including phenoxy) is 2. The van der Waals surface area contributed by atoms with Crippen LogP contribution in [0, 0.1) is 11.8 Å². The van der Waals surface area contributed by atoms with Gasteiger partial charge in [0.25, 0.3) is 0 Å². The summed E-state index contributed by atoms with van der Waals surface area (Å²) in [6.07, 6.45) is 0.566. The quantitative estimate of drug-likeness (QED) is 0.351. The largest absolute Gasteiger partial charge is 0.467 e. The minimum absolute atomic E-state index is 0.0236. The number of fused-ring (bicyclic) bond motifs is 1. The van der Waals surface area contributed by atoms with Crippen LogP contribution in [0.3, 0.4) is 0 Å². The van der Waals surface area contributed by atoms with E-state index in [1.54, 1.807) is 45.0 Å². The van der Waals surface area contributed by atoms with Gasteiger partial charge in [-0.25, -0.2) is 9.59 Å². The van der Waals surface area contributed by atoms with E-state index in [4.69, 9.17) is 9.47 Å². The summed E-state index contributed by atoms with van der Waals surface area (Å²) in [7, 11) is 1.27. The minimum Gasteiger partial charge on any atom is -0.467 e. The maximum atomic E-state index is 15.1. The van der Waals surface area contributed by atoms with Gasteiger partial charge in [-0.05, 0) is 89.3 Å². The first-order valence-corrected chi connectivity index (χ1v) is 15.3. The van der Waals surface area contributed by atoms with Gasteiger partial charge < -0.3 is 25.0 Å². The number of nitrogens with zero attached hydrogens (tertiary/aromatic N) is 1. The van der Waals surface area contributed by atoms with Crippen molar-refractivity contribution in [3.05, 3.63) is 71.3 Å². The van der Waals surface area contributed by atoms with E-state index in [2.05, 4.69) is 10.6 Å². The fraction of sp³-hybridized carbons (Fsp3) is 0.543. The number of benzene rings is 2. The average Bonchev–Trinajstić information content (AvgIpc) is 3.35. The van der Waals surface area contributed by atoms with Crippen molar-refractivity contribution in [1.82, 2.24) is 15.5 Å². The molecule has 9 heteroatoms. The zero-order valence-electron chi connectivity index (χ0n) is 27.6. The maximum Gasteiger partial charge on any atom is 0.408 e. The van der Waals surface area contributed by atoms with Gasteiger partial charge >= 0.3 is 12.1 Å². The van der Waals surface area contributed by atoms with Crippen LogP contribution in [0.25, 0.3) is 0 Å². The number of alkyl carbamates (subject to hydrolysis) is 1. The summed E-state index contributed by atoms with van der Waals surface area (Å²) in [6, 6.07) is 13.5. The number of esters is 1. The van der Waals surface area contributed by atoms with Crippen LogP contribution >= 0.6 is 0 Å². The molecule has 0 saturated carbocycles. The van der Waals surface area contributed by atoms with Gasteiger partial charge in [0, 0.05) is 5.54 Å². The molecule has 0 radical (unpaired) electrons. The van der Waals surface area contributed by atoms with E-state index in [0.29, 0.717) is 18.4 Å². The van der Waals surface area contributed by atoms with Crippen LogP contribution in [0.1, 0.15) is 84.5 Å². The predicted octanol–water partition coefficient (Wildman–Crippen LogP) is 5.37. The van der Waals surface area contributed by atoms with E-state index >= 15 is 4.79 Å². The van der Waals surface area contributed by atoms with Gasteiger partial charge in [0.2, 0.25) is 11.8 Å². The van der Waals surface area contributed by atoms with Crippen molar-refractivity contribution in [3.8, 4) is 0 Å². The third-order valence-electron chi connectivity index (χ3n) is 7.39. The number of amides is 3. The Morgan fingerprint density at radius 3 is 1.91 bits per heavy atom. The lowest BCUT2D eigenvalue weighted by molar-refractivity contribution is -0.159. The molecule has 2 N–H and O–H groups in total. The summed E-state index contributed by atoms with van der Waals surface area (Å²) in [5, 5.41) is 5.87. The predicted molar refractivity (Wildman–Crippen MR) is 170 cm³/mol. The number of hydrogen-bond donors (Lipinski definition) is 2. The Morgan fingerprint density at radius 1 is 0.886 bits per heavy atom. The van der Waals surface area contributed by atoms with E-state index in [9.17, 15) is 14.4 Å². The van der Waals surface area contributed by atoms with Gasteiger partial charge in [-0.15, -0.1) is 0 Å². The monoisotopic (exact) mass is 607 g/mol. The van der Waals surface area contributed by atoms with Gasteiger partial charge in [0.15, 0.2) is 0 Å². The molecule has 0 aliphatic heterocycles. The lowest BCUT2D eigenvalue weighted by Gasteiger charge is -2.41. The first-order chi connectivity index (χ1) is 20.5. The van der Waals surface area contributed by atoms with Gasteiger partial charge in [0.1, 0.15) is 23.7 Å². The fourth-order valence-corrected chi connectivity index (χ4v) is 5.68. The first-order valence-electron chi connectivity index (χ1n) is 15.3. The Bertz CT molecular complexity index is 1290. The van der Waals surface area contributed by atoms with Crippen LogP contribution in [-0.2, 0) is 36.7 Å². The smallest absolute Gasteiger partial charge is 0.408 e. The summed E-state index contributed by atoms with van der Waals surface area (Å²) in [4.78, 5) is 57.3. The molecule has 44 heavy (non-hydrogen) atoms. The van der Waals surface area contributed by atoms with E-state index in [-0.39, 0.29) is 18.3 Å². The second kappa shape index (κ2) is 14.3. The Balaban J connectivity index is 2.22. The molecule has 0 fully saturated rings.